The van der Waals surface area contributed by atoms with E-state index in [-0.39, 0.29) is 5.91 Å². The Labute approximate surface area is 134 Å². The lowest BCUT2D eigenvalue weighted by Gasteiger charge is -2.22. The van der Waals surface area contributed by atoms with Crippen LogP contribution in [0.4, 0.5) is 5.69 Å². The molecule has 2 aromatic carbocycles. The maximum absolute atomic E-state index is 12.9. The summed E-state index contributed by atoms with van der Waals surface area (Å²) in [6.45, 7) is 2.87. The first kappa shape index (κ1) is 14.7. The molecule has 1 aromatic heterocycles. The fourth-order valence-electron chi connectivity index (χ4n) is 2.42. The van der Waals surface area contributed by atoms with Gasteiger partial charge in [-0.15, -0.1) is 11.3 Å². The molecule has 3 rings (SSSR count). The largest absolute Gasteiger partial charge is 0.308 e. The second kappa shape index (κ2) is 6.71. The quantitative estimate of drug-likeness (QED) is 0.681. The number of aromatic nitrogens is 1. The molecule has 0 unspecified atom stereocenters. The normalized spacial score (nSPS) is 10.8. The molecule has 0 fully saturated rings. The Morgan fingerprint density at radius 1 is 1.18 bits per heavy atom. The van der Waals surface area contributed by atoms with Gasteiger partial charge < -0.3 is 4.90 Å². The highest BCUT2D eigenvalue weighted by molar-refractivity contribution is 7.16. The lowest BCUT2D eigenvalue weighted by Crippen LogP contribution is -2.31. The second-order valence-electron chi connectivity index (χ2n) is 5.18. The molecule has 112 valence electrons. The molecule has 3 aromatic rings. The molecule has 0 spiro atoms. The molecule has 0 saturated heterocycles. The van der Waals surface area contributed by atoms with Gasteiger partial charge in [0.1, 0.15) is 0 Å². The van der Waals surface area contributed by atoms with Crippen molar-refractivity contribution in [2.45, 2.75) is 19.8 Å². The predicted octanol–water partition coefficient (Wildman–Crippen LogP) is 4.74. The fourth-order valence-corrected chi connectivity index (χ4v) is 3.13. The van der Waals surface area contributed by atoms with Crippen molar-refractivity contribution in [3.8, 4) is 0 Å². The zero-order chi connectivity index (χ0) is 15.4. The number of unbranched alkanes of at least 4 members (excludes halogenated alkanes) is 1. The van der Waals surface area contributed by atoms with Crippen LogP contribution in [-0.2, 0) is 0 Å². The molecule has 0 bridgehead atoms. The number of rotatable bonds is 5. The molecule has 3 nitrogen and oxygen atoms in total. The molecule has 0 radical (unpaired) electrons. The molecule has 4 heteroatoms. The van der Waals surface area contributed by atoms with E-state index in [1.807, 2.05) is 58.9 Å². The third kappa shape index (κ3) is 3.02. The molecule has 1 amide bonds. The predicted molar refractivity (Wildman–Crippen MR) is 92.6 cm³/mol. The Kier molecular flexibility index (Phi) is 4.49. The summed E-state index contributed by atoms with van der Waals surface area (Å²) >= 11 is 1.56. The number of hydrogen-bond donors (Lipinski definition) is 0. The molecule has 0 N–H and O–H groups in total. The van der Waals surface area contributed by atoms with Crippen molar-refractivity contribution >= 4 is 33.1 Å². The standard InChI is InChI=1S/C18H18N2OS/c1-2-3-11-20(15-7-5-4-6-8-15)18(21)14-9-10-16-17(12-14)22-13-19-16/h4-10,12-13H,2-3,11H2,1H3. The first-order valence-electron chi connectivity index (χ1n) is 7.50. The van der Waals surface area contributed by atoms with Crippen LogP contribution in [0.5, 0.6) is 0 Å². The summed E-state index contributed by atoms with van der Waals surface area (Å²) in [7, 11) is 0. The van der Waals surface area contributed by atoms with Gasteiger partial charge in [-0.3, -0.25) is 4.79 Å². The number of hydrogen-bond acceptors (Lipinski definition) is 3. The number of para-hydroxylation sites is 1. The van der Waals surface area contributed by atoms with Crippen molar-refractivity contribution in [2.75, 3.05) is 11.4 Å². The van der Waals surface area contributed by atoms with Gasteiger partial charge in [0.05, 0.1) is 15.7 Å². The summed E-state index contributed by atoms with van der Waals surface area (Å²) in [4.78, 5) is 19.1. The van der Waals surface area contributed by atoms with Crippen LogP contribution in [0.3, 0.4) is 0 Å². The van der Waals surface area contributed by atoms with Crippen LogP contribution in [-0.4, -0.2) is 17.4 Å². The molecular formula is C18H18N2OS. The summed E-state index contributed by atoms with van der Waals surface area (Å²) in [5, 5.41) is 0. The van der Waals surface area contributed by atoms with Gasteiger partial charge in [0.2, 0.25) is 0 Å². The number of fused-ring (bicyclic) bond motifs is 1. The second-order valence-corrected chi connectivity index (χ2v) is 6.07. The van der Waals surface area contributed by atoms with Crippen LogP contribution in [0.25, 0.3) is 10.2 Å². The van der Waals surface area contributed by atoms with Gasteiger partial charge in [0.15, 0.2) is 0 Å². The maximum Gasteiger partial charge on any atom is 0.258 e. The number of amides is 1. The molecule has 0 atom stereocenters. The van der Waals surface area contributed by atoms with E-state index in [0.29, 0.717) is 0 Å². The Morgan fingerprint density at radius 2 is 2.00 bits per heavy atom. The van der Waals surface area contributed by atoms with E-state index in [4.69, 9.17) is 0 Å². The van der Waals surface area contributed by atoms with Crippen molar-refractivity contribution in [3.63, 3.8) is 0 Å². The van der Waals surface area contributed by atoms with Crippen LogP contribution in [0.15, 0.2) is 54.0 Å². The third-order valence-corrected chi connectivity index (χ3v) is 4.42. The summed E-state index contributed by atoms with van der Waals surface area (Å²) in [5.74, 6) is 0.0509. The van der Waals surface area contributed by atoms with E-state index >= 15 is 0 Å². The Bertz CT molecular complexity index is 767. The van der Waals surface area contributed by atoms with Crippen LogP contribution in [0, 0.1) is 0 Å². The highest BCUT2D eigenvalue weighted by Crippen LogP contribution is 2.22. The van der Waals surface area contributed by atoms with Gasteiger partial charge in [-0.2, -0.15) is 0 Å². The van der Waals surface area contributed by atoms with Gasteiger partial charge in [-0.1, -0.05) is 31.5 Å². The van der Waals surface area contributed by atoms with E-state index in [1.54, 1.807) is 11.3 Å². The van der Waals surface area contributed by atoms with Gasteiger partial charge in [0, 0.05) is 17.8 Å². The zero-order valence-electron chi connectivity index (χ0n) is 12.5. The van der Waals surface area contributed by atoms with Crippen molar-refractivity contribution in [3.05, 3.63) is 59.6 Å². The van der Waals surface area contributed by atoms with Crippen molar-refractivity contribution < 1.29 is 4.79 Å². The smallest absolute Gasteiger partial charge is 0.258 e. The van der Waals surface area contributed by atoms with E-state index in [1.165, 1.54) is 0 Å². The summed E-state index contributed by atoms with van der Waals surface area (Å²) in [6.07, 6.45) is 2.05. The SMILES string of the molecule is CCCCN(C(=O)c1ccc2ncsc2c1)c1ccccc1. The minimum absolute atomic E-state index is 0.0509. The number of thiazole rings is 1. The van der Waals surface area contributed by atoms with E-state index in [9.17, 15) is 4.79 Å². The van der Waals surface area contributed by atoms with E-state index < -0.39 is 0 Å². The molecule has 0 aliphatic rings. The van der Waals surface area contributed by atoms with Gasteiger partial charge in [0.25, 0.3) is 5.91 Å². The number of carbonyl (C=O) groups is 1. The van der Waals surface area contributed by atoms with Gasteiger partial charge >= 0.3 is 0 Å². The number of benzene rings is 2. The van der Waals surface area contributed by atoms with Crippen molar-refractivity contribution in [1.29, 1.82) is 0 Å². The number of carbonyl (C=O) groups excluding carboxylic acids is 1. The van der Waals surface area contributed by atoms with Gasteiger partial charge in [-0.25, -0.2) is 4.98 Å². The maximum atomic E-state index is 12.9. The highest BCUT2D eigenvalue weighted by Gasteiger charge is 2.17. The third-order valence-electron chi connectivity index (χ3n) is 3.63. The molecule has 0 aliphatic heterocycles. The topological polar surface area (TPSA) is 33.2 Å². The minimum atomic E-state index is 0.0509. The van der Waals surface area contributed by atoms with Crippen LogP contribution < -0.4 is 4.90 Å². The fraction of sp³-hybridized carbons (Fsp3) is 0.222. The first-order chi connectivity index (χ1) is 10.8. The Morgan fingerprint density at radius 3 is 2.77 bits per heavy atom. The van der Waals surface area contributed by atoms with Crippen molar-refractivity contribution in [2.24, 2.45) is 0 Å². The monoisotopic (exact) mass is 310 g/mol. The first-order valence-corrected chi connectivity index (χ1v) is 8.37. The molecule has 22 heavy (non-hydrogen) atoms. The Balaban J connectivity index is 1.93. The van der Waals surface area contributed by atoms with Gasteiger partial charge in [-0.05, 0) is 36.8 Å². The molecule has 0 saturated carbocycles. The summed E-state index contributed by atoms with van der Waals surface area (Å²) in [5.41, 5.74) is 4.42. The number of nitrogens with zero attached hydrogens (tertiary/aromatic N) is 2. The molecule has 1 heterocycles. The number of anilines is 1. The van der Waals surface area contributed by atoms with Crippen LogP contribution >= 0.6 is 11.3 Å². The van der Waals surface area contributed by atoms with E-state index in [2.05, 4.69) is 11.9 Å². The summed E-state index contributed by atoms with van der Waals surface area (Å²) in [6, 6.07) is 15.6. The van der Waals surface area contributed by atoms with E-state index in [0.717, 1.165) is 40.9 Å². The molecule has 0 aliphatic carbocycles. The minimum Gasteiger partial charge on any atom is -0.308 e. The van der Waals surface area contributed by atoms with Crippen LogP contribution in [0.1, 0.15) is 30.1 Å². The average molecular weight is 310 g/mol. The lowest BCUT2D eigenvalue weighted by atomic mass is 10.1. The van der Waals surface area contributed by atoms with Crippen molar-refractivity contribution in [1.82, 2.24) is 4.98 Å². The molecular weight excluding hydrogens is 292 g/mol. The summed E-state index contributed by atoms with van der Waals surface area (Å²) < 4.78 is 1.05. The highest BCUT2D eigenvalue weighted by atomic mass is 32.1. The Hall–Kier alpha value is -2.20. The van der Waals surface area contributed by atoms with Crippen LogP contribution in [0.2, 0.25) is 0 Å². The lowest BCUT2D eigenvalue weighted by molar-refractivity contribution is 0.0986. The zero-order valence-corrected chi connectivity index (χ0v) is 13.3. The average Bonchev–Trinajstić information content (AvgIpc) is 3.03.